The van der Waals surface area contributed by atoms with Crippen LogP contribution >= 0.6 is 11.8 Å². The van der Waals surface area contributed by atoms with E-state index in [1.807, 2.05) is 18.4 Å². The maximum absolute atomic E-state index is 10.6. The van der Waals surface area contributed by atoms with Crippen molar-refractivity contribution in [1.82, 2.24) is 5.32 Å². The van der Waals surface area contributed by atoms with Gasteiger partial charge in [-0.05, 0) is 30.5 Å². The van der Waals surface area contributed by atoms with Crippen LogP contribution in [0.3, 0.4) is 0 Å². The van der Waals surface area contributed by atoms with Gasteiger partial charge in [0.2, 0.25) is 5.91 Å². The molecule has 0 radical (unpaired) electrons. The molecule has 0 unspecified atom stereocenters. The zero-order valence-corrected chi connectivity index (χ0v) is 10.4. The van der Waals surface area contributed by atoms with Gasteiger partial charge in [0.05, 0.1) is 0 Å². The predicted octanol–water partition coefficient (Wildman–Crippen LogP) is 2.29. The summed E-state index contributed by atoms with van der Waals surface area (Å²) < 4.78 is 0. The molecule has 3 heteroatoms. The summed E-state index contributed by atoms with van der Waals surface area (Å²) in [6.07, 6.45) is 2.73. The molecule has 0 spiro atoms. The Labute approximate surface area is 101 Å². The monoisotopic (exact) mass is 233 g/mol. The van der Waals surface area contributed by atoms with Gasteiger partial charge in [-0.1, -0.05) is 11.8 Å². The van der Waals surface area contributed by atoms with Crippen LogP contribution < -0.4 is 5.32 Å². The zero-order chi connectivity index (χ0) is 11.8. The third-order valence-electron chi connectivity index (χ3n) is 1.95. The van der Waals surface area contributed by atoms with E-state index in [1.54, 1.807) is 11.8 Å². The van der Waals surface area contributed by atoms with E-state index >= 15 is 0 Å². The molecule has 1 amide bonds. The summed E-state index contributed by atoms with van der Waals surface area (Å²) in [5.74, 6) is 6.07. The van der Waals surface area contributed by atoms with Gasteiger partial charge in [-0.25, -0.2) is 0 Å². The van der Waals surface area contributed by atoms with Crippen molar-refractivity contribution < 1.29 is 4.79 Å². The van der Waals surface area contributed by atoms with Gasteiger partial charge in [0.15, 0.2) is 0 Å². The number of carbonyl (C=O) groups excluding carboxylic acids is 1. The molecule has 0 saturated heterocycles. The van der Waals surface area contributed by atoms with Gasteiger partial charge < -0.3 is 5.32 Å². The lowest BCUT2D eigenvalue weighted by atomic mass is 10.2. The lowest BCUT2D eigenvalue weighted by Crippen LogP contribution is -2.20. The first-order valence-corrected chi connectivity index (χ1v) is 6.32. The van der Waals surface area contributed by atoms with Crippen molar-refractivity contribution in [3.8, 4) is 11.8 Å². The first kappa shape index (κ1) is 12.7. The molecule has 0 aliphatic carbocycles. The van der Waals surface area contributed by atoms with Crippen LogP contribution in [-0.2, 0) is 4.79 Å². The Bertz CT molecular complexity index is 400. The topological polar surface area (TPSA) is 29.1 Å². The Morgan fingerprint density at radius 2 is 2.06 bits per heavy atom. The van der Waals surface area contributed by atoms with Gasteiger partial charge in [-0.3, -0.25) is 4.79 Å². The fourth-order valence-electron chi connectivity index (χ4n) is 1.14. The number of benzene rings is 1. The first-order valence-electron chi connectivity index (χ1n) is 5.09. The summed E-state index contributed by atoms with van der Waals surface area (Å²) >= 11 is 1.72. The lowest BCUT2D eigenvalue weighted by Gasteiger charge is -1.96. The van der Waals surface area contributed by atoms with E-state index in [0.717, 1.165) is 5.56 Å². The minimum absolute atomic E-state index is 0.00822. The van der Waals surface area contributed by atoms with Crippen LogP contribution in [0.1, 0.15) is 18.9 Å². The zero-order valence-electron chi connectivity index (χ0n) is 9.54. The fraction of sp³-hybridized carbons (Fsp3) is 0.308. The maximum Gasteiger partial charge on any atom is 0.216 e. The number of thioether (sulfide) groups is 1. The molecule has 1 N–H and O–H groups in total. The van der Waals surface area contributed by atoms with Crippen LogP contribution in [0.5, 0.6) is 0 Å². The van der Waals surface area contributed by atoms with Crippen molar-refractivity contribution in [2.24, 2.45) is 0 Å². The molecule has 0 aliphatic rings. The Morgan fingerprint density at radius 3 is 2.62 bits per heavy atom. The van der Waals surface area contributed by atoms with Crippen molar-refractivity contribution in [2.45, 2.75) is 18.2 Å². The van der Waals surface area contributed by atoms with Crippen LogP contribution in [0.4, 0.5) is 0 Å². The van der Waals surface area contributed by atoms with Gasteiger partial charge in [-0.2, -0.15) is 0 Å². The second-order valence-electron chi connectivity index (χ2n) is 3.26. The SMILES string of the molecule is CSc1ccc(C#CCCNC(C)=O)cc1. The quantitative estimate of drug-likeness (QED) is 0.493. The van der Waals surface area contributed by atoms with Crippen LogP contribution in [0.25, 0.3) is 0 Å². The molecule has 0 fully saturated rings. The van der Waals surface area contributed by atoms with Crippen molar-refractivity contribution >= 4 is 17.7 Å². The molecule has 84 valence electrons. The van der Waals surface area contributed by atoms with E-state index in [1.165, 1.54) is 11.8 Å². The van der Waals surface area contributed by atoms with E-state index in [9.17, 15) is 4.79 Å². The van der Waals surface area contributed by atoms with Gasteiger partial charge >= 0.3 is 0 Å². The molecule has 0 atom stereocenters. The molecule has 2 nitrogen and oxygen atoms in total. The highest BCUT2D eigenvalue weighted by atomic mass is 32.2. The molecule has 0 heterocycles. The number of hydrogen-bond donors (Lipinski definition) is 1. The third-order valence-corrected chi connectivity index (χ3v) is 2.69. The lowest BCUT2D eigenvalue weighted by molar-refractivity contribution is -0.118. The van der Waals surface area contributed by atoms with E-state index in [4.69, 9.17) is 0 Å². The largest absolute Gasteiger partial charge is 0.355 e. The van der Waals surface area contributed by atoms with Crippen LogP contribution in [0.2, 0.25) is 0 Å². The predicted molar refractivity (Wildman–Crippen MR) is 68.4 cm³/mol. The second kappa shape index (κ2) is 6.97. The fourth-order valence-corrected chi connectivity index (χ4v) is 1.55. The summed E-state index contributed by atoms with van der Waals surface area (Å²) in [4.78, 5) is 11.8. The molecule has 1 aromatic carbocycles. The normalized spacial score (nSPS) is 9.12. The Balaban J connectivity index is 2.41. The number of carbonyl (C=O) groups is 1. The van der Waals surface area contributed by atoms with Gasteiger partial charge in [-0.15, -0.1) is 11.8 Å². The minimum atomic E-state index is -0.00822. The highest BCUT2D eigenvalue weighted by molar-refractivity contribution is 7.98. The number of nitrogens with one attached hydrogen (secondary N) is 1. The maximum atomic E-state index is 10.6. The van der Waals surface area contributed by atoms with Crippen molar-refractivity contribution in [3.05, 3.63) is 29.8 Å². The number of amides is 1. The van der Waals surface area contributed by atoms with Gasteiger partial charge in [0.1, 0.15) is 0 Å². The van der Waals surface area contributed by atoms with E-state index in [0.29, 0.717) is 13.0 Å². The summed E-state index contributed by atoms with van der Waals surface area (Å²) in [5, 5.41) is 2.71. The smallest absolute Gasteiger partial charge is 0.216 e. The first-order chi connectivity index (χ1) is 7.72. The number of hydrogen-bond acceptors (Lipinski definition) is 2. The third kappa shape index (κ3) is 4.90. The van der Waals surface area contributed by atoms with Crippen molar-refractivity contribution in [2.75, 3.05) is 12.8 Å². The average molecular weight is 233 g/mol. The van der Waals surface area contributed by atoms with Crippen LogP contribution in [0, 0.1) is 11.8 Å². The van der Waals surface area contributed by atoms with E-state index < -0.39 is 0 Å². The molecule has 0 saturated carbocycles. The van der Waals surface area contributed by atoms with E-state index in [2.05, 4.69) is 29.3 Å². The molecule has 16 heavy (non-hydrogen) atoms. The van der Waals surface area contributed by atoms with Crippen LogP contribution in [-0.4, -0.2) is 18.7 Å². The Hall–Kier alpha value is -1.40. The van der Waals surface area contributed by atoms with Crippen molar-refractivity contribution in [1.29, 1.82) is 0 Å². The molecule has 1 aromatic rings. The summed E-state index contributed by atoms with van der Waals surface area (Å²) in [5.41, 5.74) is 1.01. The highest BCUT2D eigenvalue weighted by Gasteiger charge is 1.89. The molecule has 1 rings (SSSR count). The molecular formula is C13H15NOS. The van der Waals surface area contributed by atoms with Gasteiger partial charge in [0, 0.05) is 30.3 Å². The average Bonchev–Trinajstić information content (AvgIpc) is 2.29. The van der Waals surface area contributed by atoms with Gasteiger partial charge in [0.25, 0.3) is 0 Å². The Morgan fingerprint density at radius 1 is 1.38 bits per heavy atom. The summed E-state index contributed by atoms with van der Waals surface area (Å²) in [7, 11) is 0. The summed E-state index contributed by atoms with van der Waals surface area (Å²) in [6, 6.07) is 8.14. The molecule has 0 bridgehead atoms. The standard InChI is InChI=1S/C13H15NOS/c1-11(15)14-10-4-3-5-12-6-8-13(16-2)9-7-12/h6-9H,4,10H2,1-2H3,(H,14,15). The van der Waals surface area contributed by atoms with Crippen LogP contribution in [0.15, 0.2) is 29.2 Å². The molecule has 0 aliphatic heterocycles. The highest BCUT2D eigenvalue weighted by Crippen LogP contribution is 2.14. The Kier molecular flexibility index (Phi) is 5.52. The van der Waals surface area contributed by atoms with E-state index in [-0.39, 0.29) is 5.91 Å². The molecule has 0 aromatic heterocycles. The minimum Gasteiger partial charge on any atom is -0.355 e. The second-order valence-corrected chi connectivity index (χ2v) is 4.14. The number of rotatable bonds is 3. The van der Waals surface area contributed by atoms with Crippen molar-refractivity contribution in [3.63, 3.8) is 0 Å². The summed E-state index contributed by atoms with van der Waals surface area (Å²) in [6.45, 7) is 2.12. The molecular weight excluding hydrogens is 218 g/mol.